The van der Waals surface area contributed by atoms with E-state index in [-0.39, 0.29) is 5.91 Å². The fraction of sp³-hybridized carbons (Fsp3) is 0.775. The van der Waals surface area contributed by atoms with Crippen molar-refractivity contribution in [2.24, 2.45) is 5.73 Å². The summed E-state index contributed by atoms with van der Waals surface area (Å²) in [5, 5.41) is 2.97. The molecule has 1 amide bonds. The molecule has 0 radical (unpaired) electrons. The van der Waals surface area contributed by atoms with Gasteiger partial charge in [0.15, 0.2) is 11.5 Å². The first-order valence-electron chi connectivity index (χ1n) is 19.0. The SMILES string of the molecule is C=C(C(=O)NCCCCCCCCCCCCCC)c1cc(OC)c(OC)c(OC)c1.CCCCCCCCCCCCCCN. The highest BCUT2D eigenvalue weighted by molar-refractivity contribution is 6.18. The molecule has 268 valence electrons. The van der Waals surface area contributed by atoms with Crippen LogP contribution in [0.2, 0.25) is 0 Å². The van der Waals surface area contributed by atoms with Crippen molar-refractivity contribution in [2.45, 2.75) is 168 Å². The van der Waals surface area contributed by atoms with Gasteiger partial charge in [-0.2, -0.15) is 0 Å². The number of amides is 1. The summed E-state index contributed by atoms with van der Waals surface area (Å²) in [7, 11) is 4.66. The summed E-state index contributed by atoms with van der Waals surface area (Å²) in [6.45, 7) is 10.0. The molecule has 0 aromatic heterocycles. The first-order valence-corrected chi connectivity index (χ1v) is 19.0. The number of carbonyl (C=O) groups excluding carboxylic acids is 1. The third kappa shape index (κ3) is 23.2. The van der Waals surface area contributed by atoms with Gasteiger partial charge in [0, 0.05) is 12.1 Å². The average Bonchev–Trinajstić information content (AvgIpc) is 3.08. The second-order valence-corrected chi connectivity index (χ2v) is 12.7. The molecule has 0 aliphatic carbocycles. The van der Waals surface area contributed by atoms with Gasteiger partial charge in [-0.05, 0) is 37.1 Å². The summed E-state index contributed by atoms with van der Waals surface area (Å²) in [5.74, 6) is 1.34. The van der Waals surface area contributed by atoms with Crippen LogP contribution < -0.4 is 25.3 Å². The second-order valence-electron chi connectivity index (χ2n) is 12.7. The number of hydrogen-bond donors (Lipinski definition) is 2. The van der Waals surface area contributed by atoms with E-state index in [1.807, 2.05) is 0 Å². The van der Waals surface area contributed by atoms with Gasteiger partial charge in [-0.3, -0.25) is 4.79 Å². The highest BCUT2D eigenvalue weighted by atomic mass is 16.5. The lowest BCUT2D eigenvalue weighted by molar-refractivity contribution is -0.115. The van der Waals surface area contributed by atoms with E-state index >= 15 is 0 Å². The van der Waals surface area contributed by atoms with Crippen LogP contribution in [-0.4, -0.2) is 40.3 Å². The van der Waals surface area contributed by atoms with Crippen molar-refractivity contribution in [2.75, 3.05) is 34.4 Å². The van der Waals surface area contributed by atoms with Crippen LogP contribution in [0.15, 0.2) is 18.7 Å². The Balaban J connectivity index is 0.00000113. The number of nitrogens with one attached hydrogen (secondary N) is 1. The van der Waals surface area contributed by atoms with Crippen LogP contribution in [0.1, 0.15) is 174 Å². The van der Waals surface area contributed by atoms with E-state index in [0.717, 1.165) is 19.4 Å². The number of rotatable bonds is 30. The molecule has 0 heterocycles. The van der Waals surface area contributed by atoms with Gasteiger partial charge < -0.3 is 25.3 Å². The van der Waals surface area contributed by atoms with Crippen molar-refractivity contribution >= 4 is 11.5 Å². The molecule has 0 fully saturated rings. The molecular formula is C40H74N2O4. The topological polar surface area (TPSA) is 82.8 Å². The maximum Gasteiger partial charge on any atom is 0.251 e. The molecule has 0 aliphatic heterocycles. The summed E-state index contributed by atoms with van der Waals surface area (Å²) in [6, 6.07) is 3.49. The molecule has 0 saturated carbocycles. The van der Waals surface area contributed by atoms with Crippen LogP contribution in [0.3, 0.4) is 0 Å². The molecule has 6 nitrogen and oxygen atoms in total. The van der Waals surface area contributed by atoms with Crippen LogP contribution in [0.5, 0.6) is 17.2 Å². The monoisotopic (exact) mass is 647 g/mol. The molecule has 46 heavy (non-hydrogen) atoms. The van der Waals surface area contributed by atoms with Crippen molar-refractivity contribution in [3.05, 3.63) is 24.3 Å². The third-order valence-electron chi connectivity index (χ3n) is 8.66. The van der Waals surface area contributed by atoms with Crippen LogP contribution in [-0.2, 0) is 4.79 Å². The smallest absolute Gasteiger partial charge is 0.251 e. The molecule has 0 unspecified atom stereocenters. The summed E-state index contributed by atoms with van der Waals surface area (Å²) in [4.78, 5) is 12.5. The lowest BCUT2D eigenvalue weighted by atomic mass is 10.0. The second kappa shape index (κ2) is 32.7. The molecule has 3 N–H and O–H groups in total. The number of hydrogen-bond acceptors (Lipinski definition) is 5. The number of unbranched alkanes of at least 4 members (excludes halogenated alkanes) is 22. The van der Waals surface area contributed by atoms with Crippen molar-refractivity contribution in [1.82, 2.24) is 5.32 Å². The largest absolute Gasteiger partial charge is 0.493 e. The van der Waals surface area contributed by atoms with Crippen LogP contribution >= 0.6 is 0 Å². The molecule has 1 aromatic carbocycles. The van der Waals surface area contributed by atoms with Gasteiger partial charge in [0.05, 0.1) is 21.3 Å². The van der Waals surface area contributed by atoms with Crippen LogP contribution in [0.4, 0.5) is 0 Å². The predicted octanol–water partition coefficient (Wildman–Crippen LogP) is 11.2. The van der Waals surface area contributed by atoms with E-state index < -0.39 is 0 Å². The normalized spacial score (nSPS) is 10.7. The maximum absolute atomic E-state index is 12.5. The highest BCUT2D eigenvalue weighted by Gasteiger charge is 2.17. The number of ether oxygens (including phenoxy) is 3. The van der Waals surface area contributed by atoms with Gasteiger partial charge in [-0.25, -0.2) is 0 Å². The molecule has 0 bridgehead atoms. The van der Waals surface area contributed by atoms with E-state index in [2.05, 4.69) is 25.7 Å². The predicted molar refractivity (Wildman–Crippen MR) is 199 cm³/mol. The number of benzene rings is 1. The fourth-order valence-corrected chi connectivity index (χ4v) is 5.65. The minimum Gasteiger partial charge on any atom is -0.493 e. The lowest BCUT2D eigenvalue weighted by Gasteiger charge is -2.15. The van der Waals surface area contributed by atoms with Gasteiger partial charge in [0.2, 0.25) is 5.75 Å². The zero-order valence-corrected chi connectivity index (χ0v) is 31.0. The zero-order chi connectivity index (χ0) is 34.1. The van der Waals surface area contributed by atoms with Crippen LogP contribution in [0.25, 0.3) is 5.57 Å². The summed E-state index contributed by atoms with van der Waals surface area (Å²) < 4.78 is 16.0. The quantitative estimate of drug-likeness (QED) is 0.0642. The first-order chi connectivity index (χ1) is 22.5. The Morgan fingerprint density at radius 2 is 0.935 bits per heavy atom. The minimum absolute atomic E-state index is 0.169. The number of nitrogens with two attached hydrogens (primary N) is 1. The Kier molecular flexibility index (Phi) is 31.1. The molecule has 1 rings (SSSR count). The number of carbonyl (C=O) groups is 1. The molecule has 1 aromatic rings. The Morgan fingerprint density at radius 3 is 1.26 bits per heavy atom. The molecule has 0 spiro atoms. The summed E-state index contributed by atoms with van der Waals surface area (Å²) >= 11 is 0. The van der Waals surface area contributed by atoms with Crippen molar-refractivity contribution in [1.29, 1.82) is 0 Å². The number of methoxy groups -OCH3 is 3. The minimum atomic E-state index is -0.169. The molecular weight excluding hydrogens is 572 g/mol. The van der Waals surface area contributed by atoms with E-state index in [0.29, 0.717) is 34.9 Å². The molecule has 0 aliphatic rings. The first kappa shape index (κ1) is 43.8. The van der Waals surface area contributed by atoms with Crippen LogP contribution in [0, 0.1) is 0 Å². The Morgan fingerprint density at radius 1 is 0.587 bits per heavy atom. The highest BCUT2D eigenvalue weighted by Crippen LogP contribution is 2.39. The average molecular weight is 647 g/mol. The van der Waals surface area contributed by atoms with E-state index in [1.54, 1.807) is 33.5 Å². The Bertz CT molecular complexity index is 821. The van der Waals surface area contributed by atoms with E-state index in [9.17, 15) is 4.79 Å². The van der Waals surface area contributed by atoms with Gasteiger partial charge >= 0.3 is 0 Å². The summed E-state index contributed by atoms with van der Waals surface area (Å²) in [6.07, 6.45) is 32.5. The molecule has 6 heteroatoms. The molecule has 0 saturated heterocycles. The standard InChI is InChI=1S/C26H43NO4.C14H31N/c1-6-7-8-9-10-11-12-13-14-15-16-17-18-27-26(28)21(2)22-19-23(29-3)25(31-5)24(20-22)30-4;1-2-3-4-5-6-7-8-9-10-11-12-13-14-15/h19-20H,2,6-18H2,1,3-5H3,(H,27,28);2-15H2,1H3. The van der Waals surface area contributed by atoms with E-state index in [1.165, 1.54) is 141 Å². The Hall–Kier alpha value is -2.21. The maximum atomic E-state index is 12.5. The third-order valence-corrected chi connectivity index (χ3v) is 8.66. The summed E-state index contributed by atoms with van der Waals surface area (Å²) in [5.41, 5.74) is 6.49. The molecule has 0 atom stereocenters. The van der Waals surface area contributed by atoms with Gasteiger partial charge in [0.1, 0.15) is 0 Å². The van der Waals surface area contributed by atoms with Gasteiger partial charge in [-0.15, -0.1) is 0 Å². The van der Waals surface area contributed by atoms with Crippen molar-refractivity contribution in [3.8, 4) is 17.2 Å². The fourth-order valence-electron chi connectivity index (χ4n) is 5.65. The van der Waals surface area contributed by atoms with Crippen molar-refractivity contribution in [3.63, 3.8) is 0 Å². The Labute approximate surface area is 285 Å². The lowest BCUT2D eigenvalue weighted by Crippen LogP contribution is -2.25. The van der Waals surface area contributed by atoms with Crippen molar-refractivity contribution < 1.29 is 19.0 Å². The van der Waals surface area contributed by atoms with Gasteiger partial charge in [-0.1, -0.05) is 162 Å². The van der Waals surface area contributed by atoms with Gasteiger partial charge in [0.25, 0.3) is 5.91 Å². The zero-order valence-electron chi connectivity index (χ0n) is 31.0. The van der Waals surface area contributed by atoms with E-state index in [4.69, 9.17) is 19.9 Å².